The van der Waals surface area contributed by atoms with Gasteiger partial charge in [0, 0.05) is 6.42 Å². The Hall–Kier alpha value is -1.51. The molecule has 142 valence electrons. The predicted octanol–water partition coefficient (Wildman–Crippen LogP) is 6.19. The van der Waals surface area contributed by atoms with Crippen LogP contribution in [0.3, 0.4) is 0 Å². The molecule has 0 N–H and O–H groups in total. The maximum atomic E-state index is 11.9. The number of esters is 1. The SMILES string of the molecule is CCCC(=O)Oc1ccc(CC(C)(C)C)cc1OCCCC(C)(C)C. The summed E-state index contributed by atoms with van der Waals surface area (Å²) in [4.78, 5) is 11.9. The van der Waals surface area contributed by atoms with Crippen molar-refractivity contribution >= 4 is 5.97 Å². The lowest BCUT2D eigenvalue weighted by atomic mass is 9.88. The van der Waals surface area contributed by atoms with Crippen molar-refractivity contribution in [2.45, 2.75) is 80.6 Å². The first-order chi connectivity index (χ1) is 11.5. The first kappa shape index (κ1) is 21.5. The summed E-state index contributed by atoms with van der Waals surface area (Å²) in [5, 5.41) is 0. The molecule has 0 aliphatic carbocycles. The van der Waals surface area contributed by atoms with Crippen LogP contribution in [0.25, 0.3) is 0 Å². The van der Waals surface area contributed by atoms with Gasteiger partial charge in [0.25, 0.3) is 0 Å². The molecule has 0 fully saturated rings. The Kier molecular flexibility index (Phi) is 7.98. The van der Waals surface area contributed by atoms with Gasteiger partial charge in [-0.3, -0.25) is 4.79 Å². The van der Waals surface area contributed by atoms with Gasteiger partial charge in [-0.25, -0.2) is 0 Å². The van der Waals surface area contributed by atoms with Crippen LogP contribution in [0.1, 0.15) is 79.7 Å². The van der Waals surface area contributed by atoms with E-state index in [9.17, 15) is 4.79 Å². The summed E-state index contributed by atoms with van der Waals surface area (Å²) in [7, 11) is 0. The minimum Gasteiger partial charge on any atom is -0.490 e. The molecule has 0 heterocycles. The van der Waals surface area contributed by atoms with Gasteiger partial charge < -0.3 is 9.47 Å². The van der Waals surface area contributed by atoms with Gasteiger partial charge in [0.2, 0.25) is 0 Å². The lowest BCUT2D eigenvalue weighted by molar-refractivity contribution is -0.134. The molecule has 0 bridgehead atoms. The van der Waals surface area contributed by atoms with Crippen molar-refractivity contribution in [3.05, 3.63) is 23.8 Å². The molecule has 0 saturated carbocycles. The van der Waals surface area contributed by atoms with E-state index in [1.807, 2.05) is 25.1 Å². The lowest BCUT2D eigenvalue weighted by Crippen LogP contribution is -2.12. The second-order valence-electron chi connectivity index (χ2n) is 9.26. The third-order valence-corrected chi connectivity index (χ3v) is 3.75. The summed E-state index contributed by atoms with van der Waals surface area (Å²) in [5.74, 6) is 1.01. The van der Waals surface area contributed by atoms with E-state index in [1.54, 1.807) is 0 Å². The molecule has 0 aromatic heterocycles. The van der Waals surface area contributed by atoms with E-state index in [0.717, 1.165) is 25.7 Å². The van der Waals surface area contributed by atoms with Crippen LogP contribution in [0.2, 0.25) is 0 Å². The van der Waals surface area contributed by atoms with Crippen LogP contribution < -0.4 is 9.47 Å². The Morgan fingerprint density at radius 1 is 1.00 bits per heavy atom. The minimum atomic E-state index is -0.203. The number of carbonyl (C=O) groups is 1. The first-order valence-corrected chi connectivity index (χ1v) is 9.46. The zero-order valence-electron chi connectivity index (χ0n) is 17.2. The highest BCUT2D eigenvalue weighted by Gasteiger charge is 2.16. The molecule has 3 nitrogen and oxygen atoms in total. The van der Waals surface area contributed by atoms with Gasteiger partial charge in [-0.15, -0.1) is 0 Å². The average Bonchev–Trinajstić information content (AvgIpc) is 2.43. The molecule has 25 heavy (non-hydrogen) atoms. The Balaban J connectivity index is 2.85. The fourth-order valence-corrected chi connectivity index (χ4v) is 2.63. The van der Waals surface area contributed by atoms with E-state index in [4.69, 9.17) is 9.47 Å². The summed E-state index contributed by atoms with van der Waals surface area (Å²) < 4.78 is 11.5. The van der Waals surface area contributed by atoms with Crippen molar-refractivity contribution in [1.29, 1.82) is 0 Å². The second kappa shape index (κ2) is 9.26. The molecule has 0 atom stereocenters. The van der Waals surface area contributed by atoms with Crippen molar-refractivity contribution in [2.24, 2.45) is 10.8 Å². The van der Waals surface area contributed by atoms with E-state index in [-0.39, 0.29) is 11.4 Å². The van der Waals surface area contributed by atoms with Crippen LogP contribution in [-0.2, 0) is 11.2 Å². The highest BCUT2D eigenvalue weighted by atomic mass is 16.6. The van der Waals surface area contributed by atoms with Gasteiger partial charge in [-0.1, -0.05) is 54.5 Å². The molecule has 0 unspecified atom stereocenters. The zero-order chi connectivity index (χ0) is 19.1. The summed E-state index contributed by atoms with van der Waals surface area (Å²) in [6.45, 7) is 15.9. The fourth-order valence-electron chi connectivity index (χ4n) is 2.63. The maximum absolute atomic E-state index is 11.9. The Bertz CT molecular complexity index is 547. The van der Waals surface area contributed by atoms with E-state index in [1.165, 1.54) is 5.56 Å². The number of benzene rings is 1. The van der Waals surface area contributed by atoms with Gasteiger partial charge >= 0.3 is 5.97 Å². The van der Waals surface area contributed by atoms with Crippen molar-refractivity contribution in [2.75, 3.05) is 6.61 Å². The summed E-state index contributed by atoms with van der Waals surface area (Å²) in [5.41, 5.74) is 1.70. The average molecular weight is 349 g/mol. The minimum absolute atomic E-state index is 0.198. The molecule has 0 aliphatic heterocycles. The highest BCUT2D eigenvalue weighted by Crippen LogP contribution is 2.32. The molecular weight excluding hydrogens is 312 g/mol. The standard InChI is InChI=1S/C22H36O3/c1-8-10-20(23)25-18-12-11-17(16-22(5,6)7)15-19(18)24-14-9-13-21(2,3)4/h11-12,15H,8-10,13-14,16H2,1-7H3. The third kappa shape index (κ3) is 9.52. The van der Waals surface area contributed by atoms with E-state index >= 15 is 0 Å². The number of hydrogen-bond donors (Lipinski definition) is 0. The van der Waals surface area contributed by atoms with Gasteiger partial charge in [-0.2, -0.15) is 0 Å². The van der Waals surface area contributed by atoms with E-state index in [0.29, 0.717) is 29.9 Å². The fraction of sp³-hybridized carbons (Fsp3) is 0.682. The normalized spacial score (nSPS) is 12.1. The van der Waals surface area contributed by atoms with Crippen molar-refractivity contribution in [1.82, 2.24) is 0 Å². The molecule has 3 heteroatoms. The van der Waals surface area contributed by atoms with Crippen molar-refractivity contribution in [3.8, 4) is 11.5 Å². The Morgan fingerprint density at radius 2 is 1.68 bits per heavy atom. The molecule has 1 aromatic carbocycles. The van der Waals surface area contributed by atoms with Crippen LogP contribution in [0.4, 0.5) is 0 Å². The highest BCUT2D eigenvalue weighted by molar-refractivity contribution is 5.73. The quantitative estimate of drug-likeness (QED) is 0.319. The van der Waals surface area contributed by atoms with Crippen LogP contribution in [0.15, 0.2) is 18.2 Å². The smallest absolute Gasteiger partial charge is 0.311 e. The van der Waals surface area contributed by atoms with E-state index in [2.05, 4.69) is 41.5 Å². The molecule has 1 aromatic rings. The number of hydrogen-bond acceptors (Lipinski definition) is 3. The molecule has 0 saturated heterocycles. The van der Waals surface area contributed by atoms with E-state index < -0.39 is 0 Å². The molecular formula is C22H36O3. The molecule has 0 spiro atoms. The Labute approximate surface area is 154 Å². The summed E-state index contributed by atoms with van der Waals surface area (Å²) in [6, 6.07) is 5.92. The molecule has 1 rings (SSSR count). The topological polar surface area (TPSA) is 35.5 Å². The Morgan fingerprint density at radius 3 is 2.24 bits per heavy atom. The lowest BCUT2D eigenvalue weighted by Gasteiger charge is -2.20. The molecule has 0 aliphatic rings. The van der Waals surface area contributed by atoms with Gasteiger partial charge in [-0.05, 0) is 54.2 Å². The maximum Gasteiger partial charge on any atom is 0.311 e. The van der Waals surface area contributed by atoms with Crippen LogP contribution in [0, 0.1) is 10.8 Å². The van der Waals surface area contributed by atoms with Crippen LogP contribution in [-0.4, -0.2) is 12.6 Å². The molecule has 0 amide bonds. The monoisotopic (exact) mass is 348 g/mol. The first-order valence-electron chi connectivity index (χ1n) is 9.46. The third-order valence-electron chi connectivity index (χ3n) is 3.75. The summed E-state index contributed by atoms with van der Waals surface area (Å²) in [6.07, 6.45) is 4.24. The predicted molar refractivity (Wildman–Crippen MR) is 104 cm³/mol. The zero-order valence-corrected chi connectivity index (χ0v) is 17.2. The second-order valence-corrected chi connectivity index (χ2v) is 9.26. The van der Waals surface area contributed by atoms with Gasteiger partial charge in [0.05, 0.1) is 6.61 Å². The number of ether oxygens (including phenoxy) is 2. The largest absolute Gasteiger partial charge is 0.490 e. The van der Waals surface area contributed by atoms with Crippen molar-refractivity contribution in [3.63, 3.8) is 0 Å². The molecule has 0 radical (unpaired) electrons. The number of carbonyl (C=O) groups excluding carboxylic acids is 1. The van der Waals surface area contributed by atoms with Gasteiger partial charge in [0.1, 0.15) is 0 Å². The van der Waals surface area contributed by atoms with Crippen LogP contribution in [0.5, 0.6) is 11.5 Å². The van der Waals surface area contributed by atoms with Crippen molar-refractivity contribution < 1.29 is 14.3 Å². The van der Waals surface area contributed by atoms with Crippen LogP contribution >= 0.6 is 0 Å². The van der Waals surface area contributed by atoms with Gasteiger partial charge in [0.15, 0.2) is 11.5 Å². The number of rotatable bonds is 8. The summed E-state index contributed by atoms with van der Waals surface area (Å²) >= 11 is 0.